The van der Waals surface area contributed by atoms with E-state index in [0.29, 0.717) is 17.9 Å². The minimum absolute atomic E-state index is 0.0155. The molecule has 11 atom stereocenters. The Morgan fingerprint density at radius 2 is 1.96 bits per heavy atom. The van der Waals surface area contributed by atoms with Gasteiger partial charge in [-0.2, -0.15) is 0 Å². The van der Waals surface area contributed by atoms with Crippen LogP contribution in [-0.2, 0) is 0 Å². The van der Waals surface area contributed by atoms with Gasteiger partial charge in [0.1, 0.15) is 0 Å². The summed E-state index contributed by atoms with van der Waals surface area (Å²) in [6, 6.07) is 0.319. The second-order valence-electron chi connectivity index (χ2n) is 10.8. The molecular weight excluding hydrogens is 326 g/mol. The van der Waals surface area contributed by atoms with Gasteiger partial charge in [-0.15, -0.1) is 0 Å². The van der Waals surface area contributed by atoms with Crippen molar-refractivity contribution in [3.63, 3.8) is 0 Å². The monoisotopic (exact) mass is 359 g/mol. The molecule has 7 aliphatic rings. The van der Waals surface area contributed by atoms with Crippen molar-refractivity contribution in [2.75, 3.05) is 13.1 Å². The van der Waals surface area contributed by atoms with E-state index >= 15 is 0 Å². The quantitative estimate of drug-likeness (QED) is 0.625. The van der Waals surface area contributed by atoms with Gasteiger partial charge in [0.05, 0.1) is 18.3 Å². The molecule has 7 rings (SSSR count). The number of hydrogen-bond acceptors (Lipinski definition) is 4. The van der Waals surface area contributed by atoms with Crippen molar-refractivity contribution >= 4 is 0 Å². The molecule has 0 aromatic rings. The van der Waals surface area contributed by atoms with Gasteiger partial charge in [-0.1, -0.05) is 20.4 Å². The van der Waals surface area contributed by atoms with E-state index in [0.717, 1.165) is 50.8 Å². The van der Waals surface area contributed by atoms with E-state index in [-0.39, 0.29) is 34.2 Å². The molecule has 4 nitrogen and oxygen atoms in total. The second-order valence-corrected chi connectivity index (χ2v) is 10.8. The van der Waals surface area contributed by atoms with Gasteiger partial charge in [0.2, 0.25) is 0 Å². The van der Waals surface area contributed by atoms with E-state index < -0.39 is 12.2 Å². The predicted octanol–water partition coefficient (Wildman–Crippen LogP) is 1.79. The zero-order valence-electron chi connectivity index (χ0n) is 16.1. The highest BCUT2D eigenvalue weighted by Gasteiger charge is 2.86. The molecule has 0 aromatic carbocycles. The highest BCUT2D eigenvalue weighted by Crippen LogP contribution is 2.83. The Morgan fingerprint density at radius 3 is 2.69 bits per heavy atom. The van der Waals surface area contributed by atoms with Crippen LogP contribution in [0.2, 0.25) is 0 Å². The smallest absolute Gasteiger partial charge is 0.0814 e. The molecule has 1 heterocycles. The maximum absolute atomic E-state index is 11.5. The first kappa shape index (κ1) is 16.5. The minimum atomic E-state index is -0.500. The first-order chi connectivity index (χ1) is 12.3. The molecule has 0 radical (unpaired) electrons. The van der Waals surface area contributed by atoms with E-state index in [1.807, 2.05) is 0 Å². The Balaban J connectivity index is 1.63. The Kier molecular flexibility index (Phi) is 2.92. The van der Waals surface area contributed by atoms with Crippen molar-refractivity contribution in [2.24, 2.45) is 39.9 Å². The van der Waals surface area contributed by atoms with Crippen molar-refractivity contribution < 1.29 is 15.3 Å². The number of aliphatic hydroxyl groups excluding tert-OH is 3. The average Bonchev–Trinajstić information content (AvgIpc) is 3.06. The summed E-state index contributed by atoms with van der Waals surface area (Å²) in [5.41, 5.74) is 0.616. The van der Waals surface area contributed by atoms with E-state index in [9.17, 15) is 15.3 Å². The van der Waals surface area contributed by atoms with Crippen LogP contribution < -0.4 is 0 Å². The maximum atomic E-state index is 11.5. The van der Waals surface area contributed by atoms with Gasteiger partial charge in [0.15, 0.2) is 0 Å². The number of piperidine rings is 1. The summed E-state index contributed by atoms with van der Waals surface area (Å²) in [5.74, 6) is 0.921. The summed E-state index contributed by atoms with van der Waals surface area (Å²) in [6.45, 7) is 11.0. The van der Waals surface area contributed by atoms with Gasteiger partial charge >= 0.3 is 0 Å². The van der Waals surface area contributed by atoms with Crippen LogP contribution in [0.3, 0.4) is 0 Å². The van der Waals surface area contributed by atoms with Crippen molar-refractivity contribution in [2.45, 2.75) is 70.3 Å². The summed E-state index contributed by atoms with van der Waals surface area (Å²) in [5, 5.41) is 34.4. The van der Waals surface area contributed by atoms with Crippen LogP contribution in [0.1, 0.15) is 46.0 Å². The molecule has 7 bridgehead atoms. The van der Waals surface area contributed by atoms with Gasteiger partial charge < -0.3 is 15.3 Å². The lowest BCUT2D eigenvalue weighted by atomic mass is 9.38. The maximum Gasteiger partial charge on any atom is 0.0814 e. The standard InChI is InChI=1S/C22H33NO3/c1-4-23-10-20(3)7-6-15(24)22-14(20)9-13(18(22)23)21-8-5-12(11(2)19(21)26)16(25)17(21)22/h12-19,24-26H,2,4-10H2,1,3H3/t12-,13+,14-,15-,16+,17+,18-,19+,20+,21+,22-/m0/s1. The number of hydrogen-bond donors (Lipinski definition) is 3. The van der Waals surface area contributed by atoms with E-state index in [1.165, 1.54) is 0 Å². The highest BCUT2D eigenvalue weighted by atomic mass is 16.3. The van der Waals surface area contributed by atoms with E-state index in [1.54, 1.807) is 0 Å². The summed E-state index contributed by atoms with van der Waals surface area (Å²) >= 11 is 0. The van der Waals surface area contributed by atoms with E-state index in [4.69, 9.17) is 0 Å². The molecule has 1 saturated heterocycles. The molecule has 7 fully saturated rings. The Hall–Kier alpha value is -0.420. The van der Waals surface area contributed by atoms with Crippen molar-refractivity contribution in [3.8, 4) is 0 Å². The molecule has 26 heavy (non-hydrogen) atoms. The van der Waals surface area contributed by atoms with Crippen molar-refractivity contribution in [3.05, 3.63) is 12.2 Å². The fourth-order valence-corrected chi connectivity index (χ4v) is 10.0. The highest BCUT2D eigenvalue weighted by molar-refractivity contribution is 5.39. The average molecular weight is 360 g/mol. The summed E-state index contributed by atoms with van der Waals surface area (Å²) in [7, 11) is 0. The van der Waals surface area contributed by atoms with Crippen LogP contribution >= 0.6 is 0 Å². The van der Waals surface area contributed by atoms with Gasteiger partial charge in [0.25, 0.3) is 0 Å². The fraction of sp³-hybridized carbons (Fsp3) is 0.909. The number of fused-ring (bicyclic) bond motifs is 2. The third-order valence-corrected chi connectivity index (χ3v) is 10.5. The largest absolute Gasteiger partial charge is 0.392 e. The van der Waals surface area contributed by atoms with Crippen LogP contribution in [0.5, 0.6) is 0 Å². The molecule has 4 heteroatoms. The topological polar surface area (TPSA) is 63.9 Å². The molecule has 2 spiro atoms. The molecule has 0 unspecified atom stereocenters. The Labute approximate surface area is 156 Å². The van der Waals surface area contributed by atoms with Crippen LogP contribution in [0, 0.1) is 39.9 Å². The van der Waals surface area contributed by atoms with Gasteiger partial charge in [-0.05, 0) is 61.5 Å². The lowest BCUT2D eigenvalue weighted by Gasteiger charge is -2.69. The van der Waals surface area contributed by atoms with E-state index in [2.05, 4.69) is 25.3 Å². The van der Waals surface area contributed by atoms with Crippen LogP contribution in [0.4, 0.5) is 0 Å². The molecule has 6 aliphatic carbocycles. The van der Waals surface area contributed by atoms with Crippen molar-refractivity contribution in [1.29, 1.82) is 0 Å². The normalized spacial score (nSPS) is 65.5. The summed E-state index contributed by atoms with van der Waals surface area (Å²) in [6.07, 6.45) is 3.73. The van der Waals surface area contributed by atoms with Crippen LogP contribution in [0.15, 0.2) is 12.2 Å². The molecule has 144 valence electrons. The second kappa shape index (κ2) is 4.59. The first-order valence-electron chi connectivity index (χ1n) is 10.8. The van der Waals surface area contributed by atoms with Gasteiger partial charge in [-0.25, -0.2) is 0 Å². The third kappa shape index (κ3) is 1.34. The number of likely N-dealkylation sites (tertiary alicyclic amines) is 1. The lowest BCUT2D eigenvalue weighted by molar-refractivity contribution is -0.256. The SMILES string of the molecule is C=C1[C@@H](O)[C@@]23CC[C@@H]1[C@@H](O)[C@H]2[C@]12[C@@H]4[C@H]3C[C@H]1[C@](C)(CC[C@@H]2O)CN4CC. The zero-order valence-corrected chi connectivity index (χ0v) is 16.1. The molecule has 1 aliphatic heterocycles. The van der Waals surface area contributed by atoms with Gasteiger partial charge in [-0.3, -0.25) is 4.90 Å². The minimum Gasteiger partial charge on any atom is -0.392 e. The molecule has 0 amide bonds. The predicted molar refractivity (Wildman–Crippen MR) is 98.2 cm³/mol. The van der Waals surface area contributed by atoms with Crippen LogP contribution in [0.25, 0.3) is 0 Å². The molecule has 6 saturated carbocycles. The fourth-order valence-electron chi connectivity index (χ4n) is 10.0. The number of nitrogens with zero attached hydrogens (tertiary/aromatic N) is 1. The Bertz CT molecular complexity index is 695. The number of rotatable bonds is 1. The lowest BCUT2D eigenvalue weighted by Crippen LogP contribution is -2.72. The molecule has 3 N–H and O–H groups in total. The van der Waals surface area contributed by atoms with Crippen LogP contribution in [-0.4, -0.2) is 57.7 Å². The zero-order chi connectivity index (χ0) is 18.2. The number of aliphatic hydroxyl groups is 3. The summed E-state index contributed by atoms with van der Waals surface area (Å²) < 4.78 is 0. The summed E-state index contributed by atoms with van der Waals surface area (Å²) in [4.78, 5) is 2.62. The third-order valence-electron chi connectivity index (χ3n) is 10.5. The molecular formula is C22H33NO3. The van der Waals surface area contributed by atoms with Gasteiger partial charge in [0, 0.05) is 35.3 Å². The van der Waals surface area contributed by atoms with Crippen molar-refractivity contribution in [1.82, 2.24) is 4.90 Å². The molecule has 0 aromatic heterocycles. The Morgan fingerprint density at radius 1 is 1.19 bits per heavy atom. The first-order valence-corrected chi connectivity index (χ1v) is 10.8.